The standard InChI is InChI=1S/C15H18N2O/c1-3-15(12-5-8-14(18)9-6-12)17-13-7-4-11(2)16-10-13/h4-10,15,17-18H,3H2,1-2H3. The average Bonchev–Trinajstić information content (AvgIpc) is 2.39. The van der Waals surface area contributed by atoms with Gasteiger partial charge in [0.05, 0.1) is 17.9 Å². The normalized spacial score (nSPS) is 12.1. The van der Waals surface area contributed by atoms with Crippen molar-refractivity contribution in [3.05, 3.63) is 53.9 Å². The van der Waals surface area contributed by atoms with Crippen LogP contribution < -0.4 is 5.32 Å². The number of nitrogens with one attached hydrogen (secondary N) is 1. The number of aryl methyl sites for hydroxylation is 1. The highest BCUT2D eigenvalue weighted by molar-refractivity contribution is 5.44. The van der Waals surface area contributed by atoms with Crippen molar-refractivity contribution in [1.82, 2.24) is 4.98 Å². The Labute approximate surface area is 108 Å². The molecular formula is C15H18N2O. The molecule has 1 heterocycles. The lowest BCUT2D eigenvalue weighted by atomic mass is 10.0. The Balaban J connectivity index is 2.14. The Morgan fingerprint density at radius 1 is 1.17 bits per heavy atom. The molecule has 94 valence electrons. The highest BCUT2D eigenvalue weighted by Crippen LogP contribution is 2.23. The van der Waals surface area contributed by atoms with Crippen LogP contribution in [0.1, 0.15) is 30.6 Å². The van der Waals surface area contributed by atoms with Crippen molar-refractivity contribution in [2.75, 3.05) is 5.32 Å². The maximum Gasteiger partial charge on any atom is 0.115 e. The first kappa shape index (κ1) is 12.4. The van der Waals surface area contributed by atoms with Crippen LogP contribution in [0.25, 0.3) is 0 Å². The predicted octanol–water partition coefficient (Wildman–Crippen LogP) is 3.66. The minimum absolute atomic E-state index is 0.232. The number of benzene rings is 1. The molecule has 1 aromatic heterocycles. The van der Waals surface area contributed by atoms with E-state index in [9.17, 15) is 5.11 Å². The summed E-state index contributed by atoms with van der Waals surface area (Å²) < 4.78 is 0. The first-order valence-electron chi connectivity index (χ1n) is 6.17. The summed E-state index contributed by atoms with van der Waals surface area (Å²) in [6.07, 6.45) is 2.82. The molecule has 0 aliphatic carbocycles. The summed E-state index contributed by atoms with van der Waals surface area (Å²) in [7, 11) is 0. The highest BCUT2D eigenvalue weighted by atomic mass is 16.3. The Morgan fingerprint density at radius 2 is 1.89 bits per heavy atom. The molecule has 0 saturated heterocycles. The molecular weight excluding hydrogens is 224 g/mol. The summed E-state index contributed by atoms with van der Waals surface area (Å²) in [6, 6.07) is 11.6. The molecule has 0 amide bonds. The fourth-order valence-electron chi connectivity index (χ4n) is 1.88. The van der Waals surface area contributed by atoms with E-state index in [0.29, 0.717) is 5.75 Å². The second-order valence-electron chi connectivity index (χ2n) is 4.38. The van der Waals surface area contributed by atoms with Crippen LogP contribution in [0.4, 0.5) is 5.69 Å². The van der Waals surface area contributed by atoms with Gasteiger partial charge in [0, 0.05) is 5.69 Å². The van der Waals surface area contributed by atoms with Gasteiger partial charge in [-0.3, -0.25) is 4.98 Å². The number of pyridine rings is 1. The molecule has 0 fully saturated rings. The number of hydrogen-bond donors (Lipinski definition) is 2. The largest absolute Gasteiger partial charge is 0.508 e. The lowest BCUT2D eigenvalue weighted by Crippen LogP contribution is -2.09. The fourth-order valence-corrected chi connectivity index (χ4v) is 1.88. The number of rotatable bonds is 4. The second kappa shape index (κ2) is 5.54. The molecule has 1 unspecified atom stereocenters. The molecule has 18 heavy (non-hydrogen) atoms. The molecule has 2 aromatic rings. The zero-order valence-electron chi connectivity index (χ0n) is 10.7. The van der Waals surface area contributed by atoms with E-state index in [1.807, 2.05) is 37.4 Å². The van der Waals surface area contributed by atoms with Crippen LogP contribution in [-0.4, -0.2) is 10.1 Å². The van der Waals surface area contributed by atoms with Gasteiger partial charge in [-0.15, -0.1) is 0 Å². The molecule has 0 radical (unpaired) electrons. The van der Waals surface area contributed by atoms with Crippen molar-refractivity contribution in [3.63, 3.8) is 0 Å². The van der Waals surface area contributed by atoms with Gasteiger partial charge >= 0.3 is 0 Å². The Hall–Kier alpha value is -2.03. The number of phenols is 1. The second-order valence-corrected chi connectivity index (χ2v) is 4.38. The van der Waals surface area contributed by atoms with E-state index >= 15 is 0 Å². The molecule has 2 N–H and O–H groups in total. The maximum absolute atomic E-state index is 9.30. The minimum Gasteiger partial charge on any atom is -0.508 e. The van der Waals surface area contributed by atoms with Crippen LogP contribution >= 0.6 is 0 Å². The maximum atomic E-state index is 9.30. The van der Waals surface area contributed by atoms with Gasteiger partial charge in [-0.2, -0.15) is 0 Å². The van der Waals surface area contributed by atoms with Gasteiger partial charge < -0.3 is 10.4 Å². The quantitative estimate of drug-likeness (QED) is 0.860. The third-order valence-corrected chi connectivity index (χ3v) is 2.96. The Kier molecular flexibility index (Phi) is 3.82. The Morgan fingerprint density at radius 3 is 2.44 bits per heavy atom. The van der Waals surface area contributed by atoms with E-state index in [1.54, 1.807) is 12.1 Å². The van der Waals surface area contributed by atoms with Crippen molar-refractivity contribution in [3.8, 4) is 5.75 Å². The highest BCUT2D eigenvalue weighted by Gasteiger charge is 2.08. The molecule has 0 aliphatic heterocycles. The van der Waals surface area contributed by atoms with Gasteiger partial charge in [-0.25, -0.2) is 0 Å². The van der Waals surface area contributed by atoms with E-state index in [-0.39, 0.29) is 6.04 Å². The lowest BCUT2D eigenvalue weighted by molar-refractivity contribution is 0.475. The molecule has 0 bridgehead atoms. The summed E-state index contributed by atoms with van der Waals surface area (Å²) in [5, 5.41) is 12.7. The Bertz CT molecular complexity index is 491. The van der Waals surface area contributed by atoms with Gasteiger partial charge in [0.1, 0.15) is 5.75 Å². The molecule has 1 aromatic carbocycles. The summed E-state index contributed by atoms with van der Waals surface area (Å²) in [6.45, 7) is 4.10. The van der Waals surface area contributed by atoms with Gasteiger partial charge in [-0.1, -0.05) is 19.1 Å². The molecule has 2 rings (SSSR count). The summed E-state index contributed by atoms with van der Waals surface area (Å²) in [5.74, 6) is 0.297. The predicted molar refractivity (Wildman–Crippen MR) is 73.7 cm³/mol. The number of anilines is 1. The van der Waals surface area contributed by atoms with Crippen LogP contribution in [0.15, 0.2) is 42.6 Å². The first-order valence-corrected chi connectivity index (χ1v) is 6.17. The third-order valence-electron chi connectivity index (χ3n) is 2.96. The summed E-state index contributed by atoms with van der Waals surface area (Å²) in [5.41, 5.74) is 3.19. The van der Waals surface area contributed by atoms with Crippen molar-refractivity contribution >= 4 is 5.69 Å². The van der Waals surface area contributed by atoms with Gasteiger partial charge in [0.15, 0.2) is 0 Å². The smallest absolute Gasteiger partial charge is 0.115 e. The molecule has 0 spiro atoms. The number of nitrogens with zero attached hydrogens (tertiary/aromatic N) is 1. The molecule has 0 aliphatic rings. The zero-order chi connectivity index (χ0) is 13.0. The van der Waals surface area contributed by atoms with Crippen molar-refractivity contribution in [2.24, 2.45) is 0 Å². The van der Waals surface area contributed by atoms with Crippen LogP contribution in [0, 0.1) is 6.92 Å². The van der Waals surface area contributed by atoms with Crippen LogP contribution in [0.2, 0.25) is 0 Å². The summed E-state index contributed by atoms with van der Waals surface area (Å²) in [4.78, 5) is 4.27. The topological polar surface area (TPSA) is 45.2 Å². The van der Waals surface area contributed by atoms with E-state index < -0.39 is 0 Å². The van der Waals surface area contributed by atoms with Crippen LogP contribution in [0.3, 0.4) is 0 Å². The summed E-state index contributed by atoms with van der Waals surface area (Å²) >= 11 is 0. The first-order chi connectivity index (χ1) is 8.69. The van der Waals surface area contributed by atoms with Crippen molar-refractivity contribution in [2.45, 2.75) is 26.3 Å². The lowest BCUT2D eigenvalue weighted by Gasteiger charge is -2.18. The third kappa shape index (κ3) is 3.00. The average molecular weight is 242 g/mol. The fraction of sp³-hybridized carbons (Fsp3) is 0.267. The molecule has 3 heteroatoms. The van der Waals surface area contributed by atoms with Crippen LogP contribution in [0.5, 0.6) is 5.75 Å². The molecule has 3 nitrogen and oxygen atoms in total. The molecule has 1 atom stereocenters. The van der Waals surface area contributed by atoms with E-state index in [0.717, 1.165) is 23.4 Å². The number of aromatic hydroxyl groups is 1. The number of hydrogen-bond acceptors (Lipinski definition) is 3. The van der Waals surface area contributed by atoms with Crippen molar-refractivity contribution in [1.29, 1.82) is 0 Å². The van der Waals surface area contributed by atoms with Gasteiger partial charge in [-0.05, 0) is 43.2 Å². The van der Waals surface area contributed by atoms with Crippen LogP contribution in [-0.2, 0) is 0 Å². The van der Waals surface area contributed by atoms with Gasteiger partial charge in [0.25, 0.3) is 0 Å². The van der Waals surface area contributed by atoms with Gasteiger partial charge in [0.2, 0.25) is 0 Å². The minimum atomic E-state index is 0.232. The van der Waals surface area contributed by atoms with E-state index in [2.05, 4.69) is 17.2 Å². The SMILES string of the molecule is CCC(Nc1ccc(C)nc1)c1ccc(O)cc1. The van der Waals surface area contributed by atoms with E-state index in [1.165, 1.54) is 0 Å². The zero-order valence-corrected chi connectivity index (χ0v) is 10.7. The number of aromatic nitrogens is 1. The van der Waals surface area contributed by atoms with Crippen molar-refractivity contribution < 1.29 is 5.11 Å². The monoisotopic (exact) mass is 242 g/mol. The number of phenolic OH excluding ortho intramolecular Hbond substituents is 1. The molecule has 0 saturated carbocycles. The van der Waals surface area contributed by atoms with E-state index in [4.69, 9.17) is 0 Å².